The summed E-state index contributed by atoms with van der Waals surface area (Å²) in [5.74, 6) is -1.74. The minimum Gasteiger partial charge on any atom is -0.494 e. The number of hydroxylamine groups is 1. The Bertz CT molecular complexity index is 1490. The van der Waals surface area contributed by atoms with Crippen LogP contribution in [-0.4, -0.2) is 45.2 Å². The zero-order valence-corrected chi connectivity index (χ0v) is 28.6. The van der Waals surface area contributed by atoms with Crippen LogP contribution in [0.25, 0.3) is 11.3 Å². The molecular weight excluding hydrogens is 625 g/mol. The Morgan fingerprint density at radius 1 is 0.872 bits per heavy atom. The van der Waals surface area contributed by atoms with E-state index >= 15 is 0 Å². The van der Waals surface area contributed by atoms with Crippen LogP contribution in [0.15, 0.2) is 65.1 Å². The molecule has 0 bridgehead atoms. The van der Waals surface area contributed by atoms with Gasteiger partial charge in [-0.15, -0.1) is 0 Å². The van der Waals surface area contributed by atoms with Gasteiger partial charge in [0, 0.05) is 25.7 Å². The van der Waals surface area contributed by atoms with Crippen LogP contribution in [-0.2, 0) is 34.6 Å². The maximum atomic E-state index is 13.3. The smallest absolute Gasteiger partial charge is 0.360 e. The number of carbonyl (C=O) groups is 3. The molecule has 3 rings (SSSR count). The van der Waals surface area contributed by atoms with Gasteiger partial charge in [-0.3, -0.25) is 23.8 Å². The third kappa shape index (κ3) is 10.8. The molecule has 1 heterocycles. The van der Waals surface area contributed by atoms with Crippen molar-refractivity contribution in [1.29, 1.82) is 0 Å². The zero-order chi connectivity index (χ0) is 34.2. The molecule has 256 valence electrons. The molecule has 0 spiro atoms. The Hall–Kier alpha value is -3.96. The van der Waals surface area contributed by atoms with Gasteiger partial charge in [0.2, 0.25) is 11.8 Å². The maximum absolute atomic E-state index is 13.3. The minimum atomic E-state index is -3.59. The van der Waals surface area contributed by atoms with Crippen LogP contribution in [0, 0.1) is 11.8 Å². The number of hydrogen-bond acceptors (Lipinski definition) is 9. The van der Waals surface area contributed by atoms with Crippen LogP contribution in [0.1, 0.15) is 69.0 Å². The van der Waals surface area contributed by atoms with Crippen molar-refractivity contribution in [2.24, 2.45) is 11.8 Å². The molecule has 0 aliphatic carbocycles. The fourth-order valence-electron chi connectivity index (χ4n) is 5.09. The molecule has 2 atom stereocenters. The number of rotatable bonds is 20. The van der Waals surface area contributed by atoms with E-state index in [1.54, 1.807) is 24.3 Å². The van der Waals surface area contributed by atoms with Crippen molar-refractivity contribution < 1.29 is 42.0 Å². The highest BCUT2D eigenvalue weighted by Gasteiger charge is 2.32. The topological polar surface area (TPSA) is 154 Å². The van der Waals surface area contributed by atoms with Gasteiger partial charge in [-0.2, -0.15) is 0 Å². The molecule has 3 amide bonds. The number of ether oxygens (including phenoxy) is 1. The van der Waals surface area contributed by atoms with Gasteiger partial charge in [-0.25, -0.2) is 5.48 Å². The first kappa shape index (κ1) is 37.5. The third-order valence-corrected chi connectivity index (χ3v) is 9.45. The lowest BCUT2D eigenvalue weighted by Gasteiger charge is -2.24. The Morgan fingerprint density at radius 2 is 1.62 bits per heavy atom. The van der Waals surface area contributed by atoms with Gasteiger partial charge in [0.25, 0.3) is 5.91 Å². The van der Waals surface area contributed by atoms with Crippen LogP contribution >= 0.6 is 7.60 Å². The summed E-state index contributed by atoms with van der Waals surface area (Å²) in [6, 6.07) is 17.4. The first-order valence-electron chi connectivity index (χ1n) is 15.8. The molecule has 0 unspecified atom stereocenters. The number of nitrogens with one attached hydrogen (secondary N) is 3. The monoisotopic (exact) mass is 671 g/mol. The SMILES string of the molecule is CCCCC[C@@H](C(=O)NCNC(=O)c1ccc(-c2cc(OCC)cc(P(=O)(OC)OC)c2)o1)[C@@H](CC)C(=O)NOCc1ccccc1. The fraction of sp³-hybridized carbons (Fsp3) is 0.441. The Morgan fingerprint density at radius 3 is 2.28 bits per heavy atom. The van der Waals surface area contributed by atoms with Gasteiger partial charge in [0.05, 0.1) is 31.1 Å². The predicted molar refractivity (Wildman–Crippen MR) is 178 cm³/mol. The summed E-state index contributed by atoms with van der Waals surface area (Å²) in [4.78, 5) is 44.8. The summed E-state index contributed by atoms with van der Waals surface area (Å²) < 4.78 is 34.7. The van der Waals surface area contributed by atoms with Gasteiger partial charge in [0.1, 0.15) is 11.5 Å². The molecule has 0 fully saturated rings. The van der Waals surface area contributed by atoms with Crippen molar-refractivity contribution in [3.8, 4) is 17.1 Å². The molecule has 0 saturated heterocycles. The van der Waals surface area contributed by atoms with E-state index in [4.69, 9.17) is 23.0 Å². The summed E-state index contributed by atoms with van der Waals surface area (Å²) in [6.45, 7) is 6.15. The summed E-state index contributed by atoms with van der Waals surface area (Å²) in [6.07, 6.45) is 3.62. The lowest BCUT2D eigenvalue weighted by molar-refractivity contribution is -0.144. The van der Waals surface area contributed by atoms with E-state index in [1.165, 1.54) is 20.3 Å². The molecule has 12 nitrogen and oxygen atoms in total. The number of benzene rings is 2. The molecule has 0 aliphatic heterocycles. The summed E-state index contributed by atoms with van der Waals surface area (Å²) in [7, 11) is -1.01. The predicted octanol–water partition coefficient (Wildman–Crippen LogP) is 5.73. The van der Waals surface area contributed by atoms with E-state index in [-0.39, 0.29) is 36.2 Å². The van der Waals surface area contributed by atoms with Crippen LogP contribution < -0.4 is 26.2 Å². The van der Waals surface area contributed by atoms with E-state index in [1.807, 2.05) is 44.2 Å². The van der Waals surface area contributed by atoms with Crippen LogP contribution in [0.4, 0.5) is 0 Å². The molecule has 0 aliphatic rings. The molecule has 0 radical (unpaired) electrons. The van der Waals surface area contributed by atoms with E-state index in [2.05, 4.69) is 23.0 Å². The lowest BCUT2D eigenvalue weighted by atomic mass is 9.84. The summed E-state index contributed by atoms with van der Waals surface area (Å²) >= 11 is 0. The summed E-state index contributed by atoms with van der Waals surface area (Å²) in [5.41, 5.74) is 3.92. The highest BCUT2D eigenvalue weighted by molar-refractivity contribution is 7.62. The molecule has 3 aromatic rings. The second-order valence-electron chi connectivity index (χ2n) is 10.8. The first-order valence-corrected chi connectivity index (χ1v) is 17.3. The van der Waals surface area contributed by atoms with E-state index in [0.29, 0.717) is 36.5 Å². The minimum absolute atomic E-state index is 0.000140. The number of amides is 3. The van der Waals surface area contributed by atoms with Crippen molar-refractivity contribution in [2.75, 3.05) is 27.5 Å². The van der Waals surface area contributed by atoms with E-state index in [9.17, 15) is 18.9 Å². The molecule has 2 aromatic carbocycles. The van der Waals surface area contributed by atoms with Crippen LogP contribution in [0.3, 0.4) is 0 Å². The van der Waals surface area contributed by atoms with Crippen molar-refractivity contribution in [1.82, 2.24) is 16.1 Å². The molecular formula is C34H46N3O9P. The molecule has 0 saturated carbocycles. The molecule has 3 N–H and O–H groups in total. The molecule has 47 heavy (non-hydrogen) atoms. The van der Waals surface area contributed by atoms with Gasteiger partial charge in [0.15, 0.2) is 5.76 Å². The van der Waals surface area contributed by atoms with Crippen molar-refractivity contribution in [3.05, 3.63) is 72.0 Å². The summed E-state index contributed by atoms with van der Waals surface area (Å²) in [5, 5.41) is 5.66. The Kier molecular flexibility index (Phi) is 15.2. The normalized spacial score (nSPS) is 12.6. The highest BCUT2D eigenvalue weighted by atomic mass is 31.2. The average Bonchev–Trinajstić information content (AvgIpc) is 3.59. The second-order valence-corrected chi connectivity index (χ2v) is 13.0. The molecule has 1 aromatic heterocycles. The first-order chi connectivity index (χ1) is 22.7. The van der Waals surface area contributed by atoms with Crippen molar-refractivity contribution >= 4 is 30.6 Å². The van der Waals surface area contributed by atoms with Gasteiger partial charge in [-0.1, -0.05) is 63.4 Å². The standard InChI is InChI=1S/C34H46N3O9P/c1-6-9-11-16-29(28(7-2)33(39)37-45-22-24-14-12-10-13-15-24)32(38)35-23-36-34(40)31-18-17-30(46-31)25-19-26(44-8-3)21-27(20-25)47(41,42-4)43-5/h10,12-15,17-21,28-29H,6-9,11,16,22-23H2,1-5H3,(H,35,38)(H,36,40)(H,37,39)/t28-,29-/m1/s1. The van der Waals surface area contributed by atoms with Crippen molar-refractivity contribution in [2.45, 2.75) is 59.5 Å². The van der Waals surface area contributed by atoms with Crippen LogP contribution in [0.5, 0.6) is 5.75 Å². The highest BCUT2D eigenvalue weighted by Crippen LogP contribution is 2.46. The van der Waals surface area contributed by atoms with E-state index in [0.717, 1.165) is 24.8 Å². The van der Waals surface area contributed by atoms with E-state index < -0.39 is 25.3 Å². The van der Waals surface area contributed by atoms with Crippen LogP contribution in [0.2, 0.25) is 0 Å². The number of furan rings is 1. The maximum Gasteiger partial charge on any atom is 0.360 e. The van der Waals surface area contributed by atoms with Crippen molar-refractivity contribution in [3.63, 3.8) is 0 Å². The second kappa shape index (κ2) is 19.0. The number of unbranched alkanes of at least 4 members (excludes halogenated alkanes) is 2. The lowest BCUT2D eigenvalue weighted by Crippen LogP contribution is -2.45. The largest absolute Gasteiger partial charge is 0.494 e. The van der Waals surface area contributed by atoms with Gasteiger partial charge in [-0.05, 0) is 55.7 Å². The quantitative estimate of drug-likeness (QED) is 0.0591. The number of hydrogen-bond donors (Lipinski definition) is 3. The zero-order valence-electron chi connectivity index (χ0n) is 27.7. The third-order valence-electron chi connectivity index (χ3n) is 7.60. The van der Waals surface area contributed by atoms with Gasteiger partial charge >= 0.3 is 7.60 Å². The van der Waals surface area contributed by atoms with Gasteiger partial charge < -0.3 is 28.8 Å². The Balaban J connectivity index is 1.64. The molecule has 13 heteroatoms. The average molecular weight is 672 g/mol. The fourth-order valence-corrected chi connectivity index (χ4v) is 6.24. The number of carbonyl (C=O) groups excluding carboxylic acids is 3. The Labute approximate surface area is 276 Å².